The van der Waals surface area contributed by atoms with Gasteiger partial charge in [-0.1, -0.05) is 6.07 Å². The average Bonchev–Trinajstić information content (AvgIpc) is 2.91. The lowest BCUT2D eigenvalue weighted by molar-refractivity contribution is -0.132. The smallest absolute Gasteiger partial charge is 0.254 e. The number of benzene rings is 1. The van der Waals surface area contributed by atoms with Gasteiger partial charge in [0.1, 0.15) is 12.4 Å². The fourth-order valence-corrected chi connectivity index (χ4v) is 3.40. The molecule has 0 radical (unpaired) electrons. The van der Waals surface area contributed by atoms with Crippen LogP contribution in [0.2, 0.25) is 0 Å². The van der Waals surface area contributed by atoms with Gasteiger partial charge in [-0.2, -0.15) is 0 Å². The van der Waals surface area contributed by atoms with Crippen LogP contribution < -0.4 is 4.74 Å². The van der Waals surface area contributed by atoms with Crippen molar-refractivity contribution >= 4 is 11.8 Å². The number of methoxy groups -OCH3 is 1. The van der Waals surface area contributed by atoms with Gasteiger partial charge in [0.25, 0.3) is 5.91 Å². The number of hydrogen-bond acceptors (Lipinski definition) is 4. The van der Waals surface area contributed by atoms with E-state index in [0.29, 0.717) is 37.6 Å². The second kappa shape index (κ2) is 6.20. The molecule has 1 spiro atoms. The Morgan fingerprint density at radius 1 is 1.35 bits per heavy atom. The van der Waals surface area contributed by atoms with E-state index in [9.17, 15) is 9.59 Å². The van der Waals surface area contributed by atoms with E-state index in [1.54, 1.807) is 31.2 Å². The molecule has 1 aromatic carbocycles. The zero-order valence-electron chi connectivity index (χ0n) is 13.6. The molecule has 0 bridgehead atoms. The minimum atomic E-state index is -0.157. The minimum absolute atomic E-state index is 0.000512. The zero-order valence-corrected chi connectivity index (χ0v) is 13.6. The maximum atomic E-state index is 12.7. The van der Waals surface area contributed by atoms with Crippen molar-refractivity contribution in [1.82, 2.24) is 9.80 Å². The van der Waals surface area contributed by atoms with Gasteiger partial charge in [0, 0.05) is 37.7 Å². The summed E-state index contributed by atoms with van der Waals surface area (Å²) in [6, 6.07) is 7.20. The molecule has 0 aromatic heterocycles. The molecule has 6 heteroatoms. The molecule has 6 nitrogen and oxygen atoms in total. The van der Waals surface area contributed by atoms with Gasteiger partial charge in [-0.05, 0) is 24.6 Å². The van der Waals surface area contributed by atoms with Gasteiger partial charge in [0.2, 0.25) is 5.91 Å². The summed E-state index contributed by atoms with van der Waals surface area (Å²) in [5.74, 6) is 0.673. The number of carbonyl (C=O) groups is 2. The fraction of sp³-hybridized carbons (Fsp3) is 0.529. The summed E-state index contributed by atoms with van der Waals surface area (Å²) in [6.45, 7) is 2.57. The van der Waals surface area contributed by atoms with Crippen molar-refractivity contribution in [3.05, 3.63) is 29.8 Å². The van der Waals surface area contributed by atoms with E-state index >= 15 is 0 Å². The van der Waals surface area contributed by atoms with E-state index in [2.05, 4.69) is 0 Å². The maximum Gasteiger partial charge on any atom is 0.254 e. The quantitative estimate of drug-likeness (QED) is 0.817. The molecule has 3 rings (SSSR count). The molecular weight excluding hydrogens is 296 g/mol. The summed E-state index contributed by atoms with van der Waals surface area (Å²) < 4.78 is 10.7. The summed E-state index contributed by atoms with van der Waals surface area (Å²) in [4.78, 5) is 28.1. The SMILES string of the molecule is COc1cccc(C(=O)N2CCC3(COCC(=O)N(C)C3)C2)c1. The third-order valence-electron chi connectivity index (χ3n) is 4.67. The highest BCUT2D eigenvalue weighted by Gasteiger charge is 2.43. The van der Waals surface area contributed by atoms with Crippen LogP contribution in [0.25, 0.3) is 0 Å². The van der Waals surface area contributed by atoms with Crippen LogP contribution >= 0.6 is 0 Å². The van der Waals surface area contributed by atoms with Gasteiger partial charge in [-0.15, -0.1) is 0 Å². The molecule has 2 aliphatic rings. The van der Waals surface area contributed by atoms with Gasteiger partial charge < -0.3 is 19.3 Å². The number of rotatable bonds is 2. The number of ether oxygens (including phenoxy) is 2. The lowest BCUT2D eigenvalue weighted by Crippen LogP contribution is -2.41. The number of likely N-dealkylation sites (tertiary alicyclic amines) is 1. The molecule has 2 heterocycles. The average molecular weight is 318 g/mol. The molecule has 1 unspecified atom stereocenters. The third kappa shape index (κ3) is 3.17. The highest BCUT2D eigenvalue weighted by molar-refractivity contribution is 5.94. The van der Waals surface area contributed by atoms with Gasteiger partial charge in [-0.3, -0.25) is 9.59 Å². The lowest BCUT2D eigenvalue weighted by Gasteiger charge is -2.29. The first-order valence-electron chi connectivity index (χ1n) is 7.78. The van der Waals surface area contributed by atoms with Crippen LogP contribution in [0.3, 0.4) is 0 Å². The summed E-state index contributed by atoms with van der Waals surface area (Å²) in [5, 5.41) is 0. The Balaban J connectivity index is 1.73. The summed E-state index contributed by atoms with van der Waals surface area (Å²) in [6.07, 6.45) is 0.848. The molecular formula is C17H22N2O4. The van der Waals surface area contributed by atoms with E-state index in [1.165, 1.54) is 0 Å². The molecule has 1 atom stereocenters. The predicted molar refractivity (Wildman–Crippen MR) is 84.4 cm³/mol. The first kappa shape index (κ1) is 15.8. The highest BCUT2D eigenvalue weighted by atomic mass is 16.5. The van der Waals surface area contributed by atoms with Crippen LogP contribution in [-0.4, -0.2) is 68.6 Å². The van der Waals surface area contributed by atoms with E-state index in [-0.39, 0.29) is 23.8 Å². The van der Waals surface area contributed by atoms with Crippen molar-refractivity contribution in [2.45, 2.75) is 6.42 Å². The van der Waals surface area contributed by atoms with E-state index in [1.807, 2.05) is 17.0 Å². The summed E-state index contributed by atoms with van der Waals surface area (Å²) in [5.41, 5.74) is 0.468. The summed E-state index contributed by atoms with van der Waals surface area (Å²) in [7, 11) is 3.38. The number of nitrogens with zero attached hydrogens (tertiary/aromatic N) is 2. The molecule has 0 N–H and O–H groups in total. The molecule has 2 saturated heterocycles. The zero-order chi connectivity index (χ0) is 16.4. The largest absolute Gasteiger partial charge is 0.497 e. The second-order valence-corrected chi connectivity index (χ2v) is 6.45. The standard InChI is InChI=1S/C17H22N2O4/c1-18-10-17(12-23-9-15(18)20)6-7-19(11-17)16(21)13-4-3-5-14(8-13)22-2/h3-5,8H,6-7,9-12H2,1-2H3. The Morgan fingerprint density at radius 3 is 2.96 bits per heavy atom. The van der Waals surface area contributed by atoms with E-state index in [4.69, 9.17) is 9.47 Å². The minimum Gasteiger partial charge on any atom is -0.497 e. The van der Waals surface area contributed by atoms with Crippen molar-refractivity contribution in [2.24, 2.45) is 5.41 Å². The van der Waals surface area contributed by atoms with Crippen LogP contribution in [-0.2, 0) is 9.53 Å². The Labute approximate surface area is 136 Å². The molecule has 23 heavy (non-hydrogen) atoms. The Bertz CT molecular complexity index is 618. The molecule has 2 amide bonds. The number of carbonyl (C=O) groups excluding carboxylic acids is 2. The van der Waals surface area contributed by atoms with E-state index in [0.717, 1.165) is 6.42 Å². The van der Waals surface area contributed by atoms with Gasteiger partial charge in [0.15, 0.2) is 0 Å². The molecule has 124 valence electrons. The fourth-order valence-electron chi connectivity index (χ4n) is 3.40. The van der Waals surface area contributed by atoms with Crippen molar-refractivity contribution in [2.75, 3.05) is 47.0 Å². The molecule has 2 fully saturated rings. The van der Waals surface area contributed by atoms with Crippen molar-refractivity contribution in [1.29, 1.82) is 0 Å². The molecule has 2 aliphatic heterocycles. The maximum absolute atomic E-state index is 12.7. The van der Waals surface area contributed by atoms with Crippen LogP contribution in [0.5, 0.6) is 5.75 Å². The number of amides is 2. The lowest BCUT2D eigenvalue weighted by atomic mass is 9.88. The van der Waals surface area contributed by atoms with Gasteiger partial charge in [-0.25, -0.2) is 0 Å². The third-order valence-corrected chi connectivity index (χ3v) is 4.67. The van der Waals surface area contributed by atoms with Crippen LogP contribution in [0.4, 0.5) is 0 Å². The topological polar surface area (TPSA) is 59.1 Å². The Morgan fingerprint density at radius 2 is 2.17 bits per heavy atom. The van der Waals surface area contributed by atoms with Crippen molar-refractivity contribution < 1.29 is 19.1 Å². The van der Waals surface area contributed by atoms with Crippen molar-refractivity contribution in [3.8, 4) is 5.75 Å². The van der Waals surface area contributed by atoms with Gasteiger partial charge >= 0.3 is 0 Å². The van der Waals surface area contributed by atoms with Crippen LogP contribution in [0.1, 0.15) is 16.8 Å². The van der Waals surface area contributed by atoms with Gasteiger partial charge in [0.05, 0.1) is 13.7 Å². The van der Waals surface area contributed by atoms with Crippen LogP contribution in [0.15, 0.2) is 24.3 Å². The number of hydrogen-bond donors (Lipinski definition) is 0. The Hall–Kier alpha value is -2.08. The van der Waals surface area contributed by atoms with Crippen LogP contribution in [0, 0.1) is 5.41 Å². The molecule has 0 aliphatic carbocycles. The predicted octanol–water partition coefficient (Wildman–Crippen LogP) is 1.02. The normalized spacial score (nSPS) is 24.9. The monoisotopic (exact) mass is 318 g/mol. The number of likely N-dealkylation sites (N-methyl/N-ethyl adjacent to an activating group) is 1. The molecule has 0 saturated carbocycles. The first-order chi connectivity index (χ1) is 11.0. The summed E-state index contributed by atoms with van der Waals surface area (Å²) >= 11 is 0. The highest BCUT2D eigenvalue weighted by Crippen LogP contribution is 2.34. The second-order valence-electron chi connectivity index (χ2n) is 6.45. The van der Waals surface area contributed by atoms with Crippen molar-refractivity contribution in [3.63, 3.8) is 0 Å². The van der Waals surface area contributed by atoms with E-state index < -0.39 is 0 Å². The molecule has 1 aromatic rings. The Kier molecular flexibility index (Phi) is 4.26. The first-order valence-corrected chi connectivity index (χ1v) is 7.78.